The molecule has 0 unspecified atom stereocenters. The molecule has 0 fully saturated rings. The summed E-state index contributed by atoms with van der Waals surface area (Å²) in [7, 11) is 0. The summed E-state index contributed by atoms with van der Waals surface area (Å²) in [5.41, 5.74) is 2.45. The van der Waals surface area contributed by atoms with Crippen LogP contribution in [0.3, 0.4) is 0 Å². The molecule has 1 aromatic carbocycles. The number of benzene rings is 1. The quantitative estimate of drug-likeness (QED) is 0.767. The number of hydrogen-bond acceptors (Lipinski definition) is 3. The fourth-order valence-corrected chi connectivity index (χ4v) is 2.97. The van der Waals surface area contributed by atoms with Gasteiger partial charge in [-0.15, -0.1) is 11.3 Å². The Kier molecular flexibility index (Phi) is 5.32. The normalized spacial score (nSPS) is 10.7. The second-order valence-corrected chi connectivity index (χ2v) is 6.02. The van der Waals surface area contributed by atoms with Crippen molar-refractivity contribution in [3.63, 3.8) is 0 Å². The first kappa shape index (κ1) is 14.8. The van der Waals surface area contributed by atoms with Gasteiger partial charge in [0.25, 0.3) is 0 Å². The van der Waals surface area contributed by atoms with Crippen molar-refractivity contribution in [2.75, 3.05) is 6.54 Å². The average Bonchev–Trinajstić information content (AvgIpc) is 2.81. The van der Waals surface area contributed by atoms with Crippen molar-refractivity contribution in [1.82, 2.24) is 5.32 Å². The summed E-state index contributed by atoms with van der Waals surface area (Å²) in [5, 5.41) is 12.3. The fraction of sp³-hybridized carbons (Fsp3) is 0.312. The van der Waals surface area contributed by atoms with Crippen molar-refractivity contribution >= 4 is 17.3 Å². The molecule has 0 aliphatic carbocycles. The Balaban J connectivity index is 1.72. The average molecular weight is 289 g/mol. The minimum absolute atomic E-state index is 0.420. The number of carboxylic acid groups (broad SMARTS) is 1. The van der Waals surface area contributed by atoms with Crippen LogP contribution in [0.25, 0.3) is 0 Å². The summed E-state index contributed by atoms with van der Waals surface area (Å²) in [6.07, 6.45) is 2.15. The Morgan fingerprint density at radius 3 is 2.70 bits per heavy atom. The first-order valence-electron chi connectivity index (χ1n) is 6.74. The molecule has 2 N–H and O–H groups in total. The molecule has 0 saturated carbocycles. The Labute approximate surface area is 123 Å². The monoisotopic (exact) mass is 289 g/mol. The molecule has 106 valence electrons. The topological polar surface area (TPSA) is 49.3 Å². The predicted octanol–water partition coefficient (Wildman–Crippen LogP) is 3.48. The predicted molar refractivity (Wildman–Crippen MR) is 82.5 cm³/mol. The molecule has 0 aliphatic heterocycles. The Bertz CT molecular complexity index is 563. The highest BCUT2D eigenvalue weighted by Crippen LogP contribution is 2.21. The minimum atomic E-state index is -0.839. The highest BCUT2D eigenvalue weighted by Gasteiger charge is 2.10. The molecular weight excluding hydrogens is 270 g/mol. The number of rotatable bonds is 7. The van der Waals surface area contributed by atoms with Crippen molar-refractivity contribution in [2.24, 2.45) is 0 Å². The summed E-state index contributed by atoms with van der Waals surface area (Å²) < 4.78 is 0. The molecule has 0 amide bonds. The molecule has 0 spiro atoms. The lowest BCUT2D eigenvalue weighted by Gasteiger charge is -2.04. The van der Waals surface area contributed by atoms with Crippen LogP contribution < -0.4 is 5.32 Å². The van der Waals surface area contributed by atoms with E-state index in [1.165, 1.54) is 16.9 Å². The number of nitrogens with one attached hydrogen (secondary N) is 1. The van der Waals surface area contributed by atoms with Crippen molar-refractivity contribution in [1.29, 1.82) is 0 Å². The molecule has 1 heterocycles. The lowest BCUT2D eigenvalue weighted by atomic mass is 10.1. The van der Waals surface area contributed by atoms with Gasteiger partial charge in [-0.25, -0.2) is 4.79 Å². The zero-order chi connectivity index (χ0) is 14.4. The van der Waals surface area contributed by atoms with E-state index in [1.54, 1.807) is 6.07 Å². The zero-order valence-electron chi connectivity index (χ0n) is 11.6. The van der Waals surface area contributed by atoms with Gasteiger partial charge in [0.15, 0.2) is 0 Å². The van der Waals surface area contributed by atoms with E-state index in [1.807, 2.05) is 13.0 Å². The van der Waals surface area contributed by atoms with E-state index in [9.17, 15) is 4.79 Å². The third-order valence-corrected chi connectivity index (χ3v) is 4.29. The largest absolute Gasteiger partial charge is 0.477 e. The molecule has 1 aromatic heterocycles. The second kappa shape index (κ2) is 7.22. The van der Waals surface area contributed by atoms with Crippen LogP contribution in [0.4, 0.5) is 0 Å². The molecule has 0 aliphatic rings. The second-order valence-electron chi connectivity index (χ2n) is 4.76. The summed E-state index contributed by atoms with van der Waals surface area (Å²) in [5.74, 6) is -0.839. The van der Waals surface area contributed by atoms with Gasteiger partial charge >= 0.3 is 5.97 Å². The van der Waals surface area contributed by atoms with Crippen LogP contribution in [-0.2, 0) is 13.0 Å². The molecule has 20 heavy (non-hydrogen) atoms. The lowest BCUT2D eigenvalue weighted by molar-refractivity contribution is 0.0702. The smallest absolute Gasteiger partial charge is 0.345 e. The van der Waals surface area contributed by atoms with Gasteiger partial charge in [-0.3, -0.25) is 0 Å². The van der Waals surface area contributed by atoms with Gasteiger partial charge in [0.2, 0.25) is 0 Å². The molecule has 2 rings (SSSR count). The fourth-order valence-electron chi connectivity index (χ4n) is 2.09. The summed E-state index contributed by atoms with van der Waals surface area (Å²) in [6.45, 7) is 3.65. The summed E-state index contributed by atoms with van der Waals surface area (Å²) in [4.78, 5) is 12.4. The van der Waals surface area contributed by atoms with Gasteiger partial charge in [-0.1, -0.05) is 30.3 Å². The van der Waals surface area contributed by atoms with E-state index < -0.39 is 5.97 Å². The Hall–Kier alpha value is -1.65. The number of aryl methyl sites for hydroxylation is 2. The highest BCUT2D eigenvalue weighted by atomic mass is 32.1. The van der Waals surface area contributed by atoms with E-state index >= 15 is 0 Å². The Morgan fingerprint density at radius 2 is 2.05 bits per heavy atom. The molecule has 0 radical (unpaired) electrons. The number of carboxylic acids is 1. The lowest BCUT2D eigenvalue weighted by Crippen LogP contribution is -2.15. The maximum Gasteiger partial charge on any atom is 0.345 e. The van der Waals surface area contributed by atoms with Crippen molar-refractivity contribution in [3.05, 3.63) is 57.3 Å². The SMILES string of the molecule is Cc1sc(C(=O)O)cc1CNCCCc1ccccc1. The first-order chi connectivity index (χ1) is 9.66. The van der Waals surface area contributed by atoms with Crippen molar-refractivity contribution < 1.29 is 9.90 Å². The highest BCUT2D eigenvalue weighted by molar-refractivity contribution is 7.14. The van der Waals surface area contributed by atoms with E-state index in [2.05, 4.69) is 29.6 Å². The summed E-state index contributed by atoms with van der Waals surface area (Å²) >= 11 is 1.34. The van der Waals surface area contributed by atoms with Gasteiger partial charge in [-0.2, -0.15) is 0 Å². The standard InChI is InChI=1S/C16H19NO2S/c1-12-14(10-15(20-12)16(18)19)11-17-9-5-8-13-6-3-2-4-7-13/h2-4,6-7,10,17H,5,8-9,11H2,1H3,(H,18,19). The van der Waals surface area contributed by atoms with Gasteiger partial charge in [0.1, 0.15) is 4.88 Å². The number of carbonyl (C=O) groups is 1. The molecular formula is C16H19NO2S. The van der Waals surface area contributed by atoms with Gasteiger partial charge in [0, 0.05) is 11.4 Å². The maximum absolute atomic E-state index is 10.9. The number of thiophene rings is 1. The molecule has 3 nitrogen and oxygen atoms in total. The van der Waals surface area contributed by atoms with E-state index in [0.717, 1.165) is 36.4 Å². The number of hydrogen-bond donors (Lipinski definition) is 2. The van der Waals surface area contributed by atoms with E-state index in [4.69, 9.17) is 5.11 Å². The van der Waals surface area contributed by atoms with Gasteiger partial charge < -0.3 is 10.4 Å². The summed E-state index contributed by atoms with van der Waals surface area (Å²) in [6, 6.07) is 12.2. The van der Waals surface area contributed by atoms with Crippen molar-refractivity contribution in [2.45, 2.75) is 26.3 Å². The number of aromatic carboxylic acids is 1. The first-order valence-corrected chi connectivity index (χ1v) is 7.55. The van der Waals surface area contributed by atoms with Crippen LogP contribution in [0, 0.1) is 6.92 Å². The van der Waals surface area contributed by atoms with Crippen LogP contribution in [0.15, 0.2) is 36.4 Å². The van der Waals surface area contributed by atoms with Crippen LogP contribution in [0.1, 0.15) is 32.1 Å². The van der Waals surface area contributed by atoms with Gasteiger partial charge in [0.05, 0.1) is 0 Å². The zero-order valence-corrected chi connectivity index (χ0v) is 12.4. The van der Waals surface area contributed by atoms with Crippen LogP contribution in [0.2, 0.25) is 0 Å². The minimum Gasteiger partial charge on any atom is -0.477 e. The van der Waals surface area contributed by atoms with Crippen LogP contribution >= 0.6 is 11.3 Å². The molecule has 4 heteroatoms. The van der Waals surface area contributed by atoms with Crippen molar-refractivity contribution in [3.8, 4) is 0 Å². The van der Waals surface area contributed by atoms with Crippen LogP contribution in [-0.4, -0.2) is 17.6 Å². The van der Waals surface area contributed by atoms with Crippen LogP contribution in [0.5, 0.6) is 0 Å². The molecule has 0 bridgehead atoms. The maximum atomic E-state index is 10.9. The third-order valence-electron chi connectivity index (χ3n) is 3.21. The molecule has 0 saturated heterocycles. The van der Waals surface area contributed by atoms with E-state index in [0.29, 0.717) is 4.88 Å². The van der Waals surface area contributed by atoms with Gasteiger partial charge in [-0.05, 0) is 43.5 Å². The molecule has 0 atom stereocenters. The van der Waals surface area contributed by atoms with E-state index in [-0.39, 0.29) is 0 Å². The Morgan fingerprint density at radius 1 is 1.30 bits per heavy atom. The molecule has 2 aromatic rings. The third kappa shape index (κ3) is 4.18.